The summed E-state index contributed by atoms with van der Waals surface area (Å²) < 4.78 is 0. The lowest BCUT2D eigenvalue weighted by atomic mass is 9.98. The van der Waals surface area contributed by atoms with Crippen molar-refractivity contribution in [3.05, 3.63) is 0 Å². The number of carboxylic acid groups (broad SMARTS) is 1. The number of nitrogens with one attached hydrogen (secondary N) is 1. The number of carbonyl (C=O) groups is 2. The van der Waals surface area contributed by atoms with Crippen LogP contribution in [-0.4, -0.2) is 40.6 Å². The van der Waals surface area contributed by atoms with Gasteiger partial charge >= 0.3 is 12.0 Å². The highest BCUT2D eigenvalue weighted by atomic mass is 16.4. The first-order valence-corrected chi connectivity index (χ1v) is 6.43. The lowest BCUT2D eigenvalue weighted by molar-refractivity contribution is -0.147. The zero-order chi connectivity index (χ0) is 14.5. The van der Waals surface area contributed by atoms with Crippen LogP contribution in [0.25, 0.3) is 0 Å². The minimum Gasteiger partial charge on any atom is -0.480 e. The van der Waals surface area contributed by atoms with Gasteiger partial charge < -0.3 is 15.3 Å². The van der Waals surface area contributed by atoms with Gasteiger partial charge in [-0.05, 0) is 32.6 Å². The fraction of sp³-hybridized carbons (Fsp3) is 0.846. The fourth-order valence-corrected chi connectivity index (χ4v) is 1.49. The van der Waals surface area contributed by atoms with E-state index in [0.29, 0.717) is 24.9 Å². The average Bonchev–Trinajstić information content (AvgIpc) is 2.25. The van der Waals surface area contributed by atoms with E-state index in [1.807, 2.05) is 0 Å². The molecule has 0 fully saturated rings. The Hall–Kier alpha value is -1.26. The van der Waals surface area contributed by atoms with E-state index in [9.17, 15) is 9.59 Å². The van der Waals surface area contributed by atoms with E-state index >= 15 is 0 Å². The Bertz CT molecular complexity index is 301. The number of carbonyl (C=O) groups excluding carboxylic acids is 1. The number of urea groups is 1. The molecule has 0 aromatic heterocycles. The summed E-state index contributed by atoms with van der Waals surface area (Å²) in [5.41, 5.74) is -1.19. The second-order valence-electron chi connectivity index (χ2n) is 5.52. The maximum absolute atomic E-state index is 12.0. The Morgan fingerprint density at radius 3 is 2.11 bits per heavy atom. The first-order valence-electron chi connectivity index (χ1n) is 6.43. The predicted molar refractivity (Wildman–Crippen MR) is 71.5 cm³/mol. The largest absolute Gasteiger partial charge is 0.480 e. The Morgan fingerprint density at radius 1 is 1.28 bits per heavy atom. The van der Waals surface area contributed by atoms with Crippen LogP contribution in [0.1, 0.15) is 41.5 Å². The number of hydrogen-bond donors (Lipinski definition) is 2. The standard InChI is InChI=1S/C13H26N2O3/c1-7-15(13(5,6)11(16)17)12(18)14-8-10(4)9(2)3/h9-10H,7-8H2,1-6H3,(H,14,18)(H,16,17). The van der Waals surface area contributed by atoms with Crippen LogP contribution in [0, 0.1) is 11.8 Å². The average molecular weight is 258 g/mol. The van der Waals surface area contributed by atoms with Crippen molar-refractivity contribution in [2.24, 2.45) is 11.8 Å². The summed E-state index contributed by atoms with van der Waals surface area (Å²) in [7, 11) is 0. The normalized spacial score (nSPS) is 13.3. The molecule has 2 amide bonds. The molecule has 5 nitrogen and oxygen atoms in total. The SMILES string of the molecule is CCN(C(=O)NCC(C)C(C)C)C(C)(C)C(=O)O. The minimum absolute atomic E-state index is 0.322. The van der Waals surface area contributed by atoms with Crippen molar-refractivity contribution in [3.63, 3.8) is 0 Å². The number of likely N-dealkylation sites (N-methyl/N-ethyl adjacent to an activating group) is 1. The van der Waals surface area contributed by atoms with E-state index in [-0.39, 0.29) is 6.03 Å². The Kier molecular flexibility index (Phi) is 6.15. The summed E-state index contributed by atoms with van der Waals surface area (Å²) in [6.45, 7) is 12.0. The third kappa shape index (κ3) is 4.20. The van der Waals surface area contributed by atoms with Gasteiger partial charge in [-0.1, -0.05) is 20.8 Å². The van der Waals surface area contributed by atoms with E-state index in [4.69, 9.17) is 5.11 Å². The van der Waals surface area contributed by atoms with Crippen molar-refractivity contribution in [2.75, 3.05) is 13.1 Å². The number of amides is 2. The maximum Gasteiger partial charge on any atom is 0.329 e. The smallest absolute Gasteiger partial charge is 0.329 e. The van der Waals surface area contributed by atoms with E-state index in [0.717, 1.165) is 0 Å². The molecule has 0 saturated heterocycles. The molecule has 0 saturated carbocycles. The zero-order valence-corrected chi connectivity index (χ0v) is 12.3. The van der Waals surface area contributed by atoms with E-state index in [2.05, 4.69) is 26.1 Å². The summed E-state index contributed by atoms with van der Waals surface area (Å²) >= 11 is 0. The Labute approximate surface area is 110 Å². The molecule has 0 aliphatic heterocycles. The van der Waals surface area contributed by atoms with Gasteiger partial charge in [0.05, 0.1) is 0 Å². The second kappa shape index (κ2) is 6.61. The van der Waals surface area contributed by atoms with E-state index < -0.39 is 11.5 Å². The summed E-state index contributed by atoms with van der Waals surface area (Å²) in [4.78, 5) is 24.5. The van der Waals surface area contributed by atoms with Crippen LogP contribution in [0.2, 0.25) is 0 Å². The van der Waals surface area contributed by atoms with Gasteiger partial charge in [-0.2, -0.15) is 0 Å². The molecule has 0 rings (SSSR count). The third-order valence-corrected chi connectivity index (χ3v) is 3.47. The number of aliphatic carboxylic acids is 1. The summed E-state index contributed by atoms with van der Waals surface area (Å²) in [5, 5.41) is 11.9. The molecule has 0 aromatic rings. The molecular weight excluding hydrogens is 232 g/mol. The van der Waals surface area contributed by atoms with Crippen molar-refractivity contribution < 1.29 is 14.7 Å². The molecule has 1 atom stereocenters. The van der Waals surface area contributed by atoms with E-state index in [1.165, 1.54) is 18.7 Å². The quantitative estimate of drug-likeness (QED) is 0.767. The molecule has 0 aliphatic rings. The first kappa shape index (κ1) is 16.7. The van der Waals surface area contributed by atoms with Crippen LogP contribution in [0.5, 0.6) is 0 Å². The highest BCUT2D eigenvalue weighted by molar-refractivity contribution is 5.85. The van der Waals surface area contributed by atoms with Crippen LogP contribution in [-0.2, 0) is 4.79 Å². The van der Waals surface area contributed by atoms with Gasteiger partial charge in [-0.3, -0.25) is 0 Å². The highest BCUT2D eigenvalue weighted by Gasteiger charge is 2.36. The number of carboxylic acids is 1. The molecular formula is C13H26N2O3. The lowest BCUT2D eigenvalue weighted by Gasteiger charge is -2.34. The van der Waals surface area contributed by atoms with Crippen LogP contribution in [0.15, 0.2) is 0 Å². The van der Waals surface area contributed by atoms with Crippen LogP contribution >= 0.6 is 0 Å². The maximum atomic E-state index is 12.0. The molecule has 5 heteroatoms. The van der Waals surface area contributed by atoms with Gasteiger partial charge in [-0.15, -0.1) is 0 Å². The van der Waals surface area contributed by atoms with Crippen LogP contribution in [0.4, 0.5) is 4.79 Å². The predicted octanol–water partition coefficient (Wildman–Crippen LogP) is 2.17. The molecule has 0 spiro atoms. The monoisotopic (exact) mass is 258 g/mol. The molecule has 0 aromatic carbocycles. The summed E-state index contributed by atoms with van der Waals surface area (Å²) in [6, 6.07) is -0.322. The van der Waals surface area contributed by atoms with E-state index in [1.54, 1.807) is 6.92 Å². The summed E-state index contributed by atoms with van der Waals surface area (Å²) in [5.74, 6) is -0.162. The van der Waals surface area contributed by atoms with Gasteiger partial charge in [0.25, 0.3) is 0 Å². The lowest BCUT2D eigenvalue weighted by Crippen LogP contribution is -2.56. The number of nitrogens with zero attached hydrogens (tertiary/aromatic N) is 1. The van der Waals surface area contributed by atoms with Crippen LogP contribution in [0.3, 0.4) is 0 Å². The third-order valence-electron chi connectivity index (χ3n) is 3.47. The fourth-order valence-electron chi connectivity index (χ4n) is 1.49. The van der Waals surface area contributed by atoms with Gasteiger partial charge in [0, 0.05) is 13.1 Å². The minimum atomic E-state index is -1.19. The molecule has 1 unspecified atom stereocenters. The Balaban J connectivity index is 4.60. The first-order chi connectivity index (χ1) is 8.14. The van der Waals surface area contributed by atoms with Gasteiger partial charge in [0.2, 0.25) is 0 Å². The van der Waals surface area contributed by atoms with Gasteiger partial charge in [-0.25, -0.2) is 9.59 Å². The number of hydrogen-bond acceptors (Lipinski definition) is 2. The molecule has 106 valence electrons. The zero-order valence-electron chi connectivity index (χ0n) is 12.3. The van der Waals surface area contributed by atoms with Crippen molar-refractivity contribution >= 4 is 12.0 Å². The van der Waals surface area contributed by atoms with Crippen molar-refractivity contribution in [2.45, 2.75) is 47.1 Å². The molecule has 0 radical (unpaired) electrons. The van der Waals surface area contributed by atoms with Crippen molar-refractivity contribution in [3.8, 4) is 0 Å². The molecule has 0 bridgehead atoms. The second-order valence-corrected chi connectivity index (χ2v) is 5.52. The number of rotatable bonds is 6. The molecule has 2 N–H and O–H groups in total. The Morgan fingerprint density at radius 2 is 1.78 bits per heavy atom. The molecule has 0 aliphatic carbocycles. The summed E-state index contributed by atoms with van der Waals surface area (Å²) in [6.07, 6.45) is 0. The van der Waals surface area contributed by atoms with Crippen LogP contribution < -0.4 is 5.32 Å². The van der Waals surface area contributed by atoms with Crippen molar-refractivity contribution in [1.82, 2.24) is 10.2 Å². The van der Waals surface area contributed by atoms with Crippen molar-refractivity contribution in [1.29, 1.82) is 0 Å². The topological polar surface area (TPSA) is 69.6 Å². The molecule has 18 heavy (non-hydrogen) atoms. The van der Waals surface area contributed by atoms with Gasteiger partial charge in [0.1, 0.15) is 5.54 Å². The highest BCUT2D eigenvalue weighted by Crippen LogP contribution is 2.15. The molecule has 0 heterocycles. The van der Waals surface area contributed by atoms with Gasteiger partial charge in [0.15, 0.2) is 0 Å².